The SMILES string of the molecule is CC(O)(CSc1nccs1)C(=O)O. The zero-order valence-corrected chi connectivity index (χ0v) is 8.56. The highest BCUT2D eigenvalue weighted by Gasteiger charge is 2.30. The molecule has 1 heterocycles. The summed E-state index contributed by atoms with van der Waals surface area (Å²) in [6, 6.07) is 0. The number of carboxylic acid groups (broad SMARTS) is 1. The van der Waals surface area contributed by atoms with Gasteiger partial charge < -0.3 is 10.2 Å². The fraction of sp³-hybridized carbons (Fsp3) is 0.429. The van der Waals surface area contributed by atoms with Gasteiger partial charge in [-0.25, -0.2) is 9.78 Å². The minimum absolute atomic E-state index is 0.107. The van der Waals surface area contributed by atoms with E-state index in [9.17, 15) is 9.90 Å². The number of aliphatic hydroxyl groups is 1. The molecule has 4 nitrogen and oxygen atoms in total. The van der Waals surface area contributed by atoms with E-state index in [1.54, 1.807) is 11.6 Å². The topological polar surface area (TPSA) is 70.4 Å². The van der Waals surface area contributed by atoms with Crippen LogP contribution in [-0.2, 0) is 4.79 Å². The van der Waals surface area contributed by atoms with Crippen LogP contribution in [0.5, 0.6) is 0 Å². The predicted octanol–water partition coefficient (Wildman–Crippen LogP) is 1.07. The highest BCUT2D eigenvalue weighted by molar-refractivity contribution is 8.01. The number of aromatic nitrogens is 1. The summed E-state index contributed by atoms with van der Waals surface area (Å²) < 4.78 is 0.765. The first-order chi connectivity index (χ1) is 6.02. The average molecular weight is 219 g/mol. The van der Waals surface area contributed by atoms with Crippen molar-refractivity contribution in [2.24, 2.45) is 0 Å². The number of rotatable bonds is 4. The van der Waals surface area contributed by atoms with E-state index < -0.39 is 11.6 Å². The third kappa shape index (κ3) is 2.98. The highest BCUT2D eigenvalue weighted by Crippen LogP contribution is 2.24. The van der Waals surface area contributed by atoms with Crippen LogP contribution in [-0.4, -0.2) is 32.5 Å². The van der Waals surface area contributed by atoms with Crippen molar-refractivity contribution in [3.8, 4) is 0 Å². The number of hydrogen-bond acceptors (Lipinski definition) is 5. The zero-order chi connectivity index (χ0) is 9.90. The molecule has 0 saturated heterocycles. The molecule has 1 atom stereocenters. The molecule has 0 bridgehead atoms. The molecule has 0 radical (unpaired) electrons. The maximum atomic E-state index is 10.5. The molecule has 0 aliphatic carbocycles. The maximum absolute atomic E-state index is 10.5. The number of carbonyl (C=O) groups is 1. The molecule has 0 aliphatic rings. The second-order valence-electron chi connectivity index (χ2n) is 2.67. The van der Waals surface area contributed by atoms with Crippen molar-refractivity contribution in [1.82, 2.24) is 4.98 Å². The van der Waals surface area contributed by atoms with Gasteiger partial charge in [0.05, 0.1) is 0 Å². The van der Waals surface area contributed by atoms with Gasteiger partial charge in [-0.2, -0.15) is 0 Å². The quantitative estimate of drug-likeness (QED) is 0.741. The lowest BCUT2D eigenvalue weighted by Gasteiger charge is -2.15. The summed E-state index contributed by atoms with van der Waals surface area (Å²) in [5.74, 6) is -1.10. The fourth-order valence-electron chi connectivity index (χ4n) is 0.546. The molecule has 0 aliphatic heterocycles. The standard InChI is InChI=1S/C7H9NO3S2/c1-7(11,5(9)10)4-13-6-8-2-3-12-6/h2-3,11H,4H2,1H3,(H,9,10). The minimum atomic E-state index is -1.68. The molecule has 0 aromatic carbocycles. The molecule has 1 rings (SSSR count). The second-order valence-corrected chi connectivity index (χ2v) is 4.78. The van der Waals surface area contributed by atoms with Gasteiger partial charge in [0.2, 0.25) is 0 Å². The number of carboxylic acids is 1. The Labute approximate surface area is 83.6 Å². The number of hydrogen-bond donors (Lipinski definition) is 2. The van der Waals surface area contributed by atoms with E-state index in [2.05, 4.69) is 4.98 Å². The van der Waals surface area contributed by atoms with Crippen LogP contribution in [0, 0.1) is 0 Å². The zero-order valence-electron chi connectivity index (χ0n) is 6.93. The normalized spacial score (nSPS) is 15.2. The average Bonchev–Trinajstić information content (AvgIpc) is 2.52. The lowest BCUT2D eigenvalue weighted by molar-refractivity contribution is -0.154. The van der Waals surface area contributed by atoms with Crippen LogP contribution in [0.4, 0.5) is 0 Å². The maximum Gasteiger partial charge on any atom is 0.336 e. The van der Waals surface area contributed by atoms with E-state index in [4.69, 9.17) is 5.11 Å². The first kappa shape index (κ1) is 10.5. The highest BCUT2D eigenvalue weighted by atomic mass is 32.2. The summed E-state index contributed by atoms with van der Waals surface area (Å²) in [5, 5.41) is 19.7. The number of thiazole rings is 1. The van der Waals surface area contributed by atoms with Crippen LogP contribution in [0.1, 0.15) is 6.92 Å². The molecule has 72 valence electrons. The van der Waals surface area contributed by atoms with Gasteiger partial charge in [0, 0.05) is 17.3 Å². The molecule has 6 heteroatoms. The molecule has 0 fully saturated rings. The Morgan fingerprint density at radius 3 is 3.00 bits per heavy atom. The first-order valence-electron chi connectivity index (χ1n) is 3.50. The van der Waals surface area contributed by atoms with Gasteiger partial charge in [0.15, 0.2) is 5.60 Å². The third-order valence-corrected chi connectivity index (χ3v) is 3.61. The Morgan fingerprint density at radius 2 is 2.54 bits per heavy atom. The molecular weight excluding hydrogens is 210 g/mol. The second kappa shape index (κ2) is 4.08. The third-order valence-electron chi connectivity index (χ3n) is 1.35. The van der Waals surface area contributed by atoms with E-state index in [-0.39, 0.29) is 5.75 Å². The lowest BCUT2D eigenvalue weighted by atomic mass is 10.1. The van der Waals surface area contributed by atoms with E-state index >= 15 is 0 Å². The molecular formula is C7H9NO3S2. The van der Waals surface area contributed by atoms with Gasteiger partial charge >= 0.3 is 5.97 Å². The Kier molecular flexibility index (Phi) is 3.29. The molecule has 0 spiro atoms. The van der Waals surface area contributed by atoms with Crippen molar-refractivity contribution in [3.63, 3.8) is 0 Å². The summed E-state index contributed by atoms with van der Waals surface area (Å²) in [6.45, 7) is 1.27. The van der Waals surface area contributed by atoms with Crippen molar-refractivity contribution in [3.05, 3.63) is 11.6 Å². The van der Waals surface area contributed by atoms with E-state index in [0.717, 1.165) is 4.34 Å². The van der Waals surface area contributed by atoms with Crippen molar-refractivity contribution in [2.45, 2.75) is 16.9 Å². The van der Waals surface area contributed by atoms with Crippen LogP contribution in [0.3, 0.4) is 0 Å². The summed E-state index contributed by atoms with van der Waals surface area (Å²) in [5.41, 5.74) is -1.68. The molecule has 13 heavy (non-hydrogen) atoms. The Hall–Kier alpha value is -0.590. The Balaban J connectivity index is 2.47. The Bertz CT molecular complexity index is 284. The fourth-order valence-corrected chi connectivity index (χ4v) is 2.18. The molecule has 0 amide bonds. The smallest absolute Gasteiger partial charge is 0.336 e. The largest absolute Gasteiger partial charge is 0.479 e. The molecule has 0 saturated carbocycles. The van der Waals surface area contributed by atoms with Crippen molar-refractivity contribution in [1.29, 1.82) is 0 Å². The molecule has 1 unspecified atom stereocenters. The van der Waals surface area contributed by atoms with Crippen LogP contribution in [0.15, 0.2) is 15.9 Å². The van der Waals surface area contributed by atoms with E-state index in [1.807, 2.05) is 0 Å². The number of nitrogens with zero attached hydrogens (tertiary/aromatic N) is 1. The van der Waals surface area contributed by atoms with Crippen LogP contribution >= 0.6 is 23.1 Å². The van der Waals surface area contributed by atoms with E-state index in [1.165, 1.54) is 30.0 Å². The van der Waals surface area contributed by atoms with E-state index in [0.29, 0.717) is 0 Å². The van der Waals surface area contributed by atoms with Crippen molar-refractivity contribution >= 4 is 29.1 Å². The summed E-state index contributed by atoms with van der Waals surface area (Å²) in [4.78, 5) is 14.5. The van der Waals surface area contributed by atoms with Crippen LogP contribution < -0.4 is 0 Å². The summed E-state index contributed by atoms with van der Waals surface area (Å²) in [6.07, 6.45) is 1.64. The number of thioether (sulfide) groups is 1. The Morgan fingerprint density at radius 1 is 1.85 bits per heavy atom. The van der Waals surface area contributed by atoms with Crippen molar-refractivity contribution < 1.29 is 15.0 Å². The summed E-state index contributed by atoms with van der Waals surface area (Å²) in [7, 11) is 0. The van der Waals surface area contributed by atoms with Gasteiger partial charge in [0.1, 0.15) is 4.34 Å². The predicted molar refractivity (Wildman–Crippen MR) is 51.1 cm³/mol. The van der Waals surface area contributed by atoms with Gasteiger partial charge in [-0.3, -0.25) is 0 Å². The molecule has 1 aromatic heterocycles. The molecule has 2 N–H and O–H groups in total. The summed E-state index contributed by atoms with van der Waals surface area (Å²) >= 11 is 2.66. The van der Waals surface area contributed by atoms with Crippen LogP contribution in [0.25, 0.3) is 0 Å². The molecule has 1 aromatic rings. The van der Waals surface area contributed by atoms with Crippen LogP contribution in [0.2, 0.25) is 0 Å². The van der Waals surface area contributed by atoms with Gasteiger partial charge in [0.25, 0.3) is 0 Å². The van der Waals surface area contributed by atoms with Gasteiger partial charge in [-0.05, 0) is 6.92 Å². The lowest BCUT2D eigenvalue weighted by Crippen LogP contribution is -2.37. The van der Waals surface area contributed by atoms with Gasteiger partial charge in [-0.1, -0.05) is 11.8 Å². The van der Waals surface area contributed by atoms with Crippen molar-refractivity contribution in [2.75, 3.05) is 5.75 Å². The first-order valence-corrected chi connectivity index (χ1v) is 5.37. The van der Waals surface area contributed by atoms with Gasteiger partial charge in [-0.15, -0.1) is 11.3 Å². The monoisotopic (exact) mass is 219 g/mol. The number of aliphatic carboxylic acids is 1. The minimum Gasteiger partial charge on any atom is -0.479 e.